The summed E-state index contributed by atoms with van der Waals surface area (Å²) in [6.07, 6.45) is 3.72. The van der Waals surface area contributed by atoms with Gasteiger partial charge in [0, 0.05) is 6.61 Å². The van der Waals surface area contributed by atoms with Crippen molar-refractivity contribution in [3.8, 4) is 0 Å². The van der Waals surface area contributed by atoms with Gasteiger partial charge in [0.2, 0.25) is 5.91 Å². The maximum absolute atomic E-state index is 11.2. The quantitative estimate of drug-likeness (QED) is 0.640. The number of halogens is 1. The molecule has 17 heavy (non-hydrogen) atoms. The number of primary amides is 1. The van der Waals surface area contributed by atoms with Gasteiger partial charge in [-0.3, -0.25) is 4.79 Å². The van der Waals surface area contributed by atoms with Crippen molar-refractivity contribution in [3.05, 3.63) is 0 Å². The Hall–Kier alpha value is -0.130. The Morgan fingerprint density at radius 1 is 1.41 bits per heavy atom. The van der Waals surface area contributed by atoms with E-state index in [2.05, 4.69) is 6.92 Å². The lowest BCUT2D eigenvalue weighted by Gasteiger charge is -2.28. The van der Waals surface area contributed by atoms with E-state index in [4.69, 9.17) is 10.5 Å². The number of hydrogen-bond donors (Lipinski definition) is 2. The molecule has 0 saturated carbocycles. The molecule has 0 aromatic carbocycles. The Morgan fingerprint density at radius 2 is 2.00 bits per heavy atom. The molecule has 0 aromatic heterocycles. The molecule has 0 radical (unpaired) electrons. The van der Waals surface area contributed by atoms with Crippen LogP contribution in [-0.2, 0) is 9.53 Å². The summed E-state index contributed by atoms with van der Waals surface area (Å²) in [5, 5.41) is 9.50. The van der Waals surface area contributed by atoms with Gasteiger partial charge in [-0.1, -0.05) is 26.2 Å². The number of aliphatic hydroxyl groups excluding tert-OH is 1. The van der Waals surface area contributed by atoms with Crippen LogP contribution in [0.3, 0.4) is 0 Å². The highest BCUT2D eigenvalue weighted by Gasteiger charge is 2.36. The van der Waals surface area contributed by atoms with Crippen molar-refractivity contribution in [2.24, 2.45) is 11.1 Å². The molecule has 0 rings (SSSR count). The van der Waals surface area contributed by atoms with E-state index in [1.165, 1.54) is 12.8 Å². The van der Waals surface area contributed by atoms with Crippen molar-refractivity contribution in [2.75, 3.05) is 13.2 Å². The molecular formula is C12H26BrNO3. The van der Waals surface area contributed by atoms with E-state index in [1.807, 2.05) is 0 Å². The molecule has 3 N–H and O–H groups in total. The molecule has 0 saturated heterocycles. The second-order valence-electron chi connectivity index (χ2n) is 4.57. The molecule has 104 valence electrons. The highest BCUT2D eigenvalue weighted by molar-refractivity contribution is 8.93. The minimum atomic E-state index is -0.981. The molecular weight excluding hydrogens is 286 g/mol. The molecule has 0 aromatic rings. The van der Waals surface area contributed by atoms with Crippen LogP contribution in [0.1, 0.15) is 46.5 Å². The predicted molar refractivity (Wildman–Crippen MR) is 74.3 cm³/mol. The summed E-state index contributed by atoms with van der Waals surface area (Å²) in [5.41, 5.74) is 4.27. The summed E-state index contributed by atoms with van der Waals surface area (Å²) in [7, 11) is 0. The first-order valence-electron chi connectivity index (χ1n) is 6.01. The lowest BCUT2D eigenvalue weighted by molar-refractivity contribution is -0.138. The third-order valence-corrected chi connectivity index (χ3v) is 3.03. The van der Waals surface area contributed by atoms with Crippen LogP contribution in [0.15, 0.2) is 0 Å². The van der Waals surface area contributed by atoms with E-state index in [0.29, 0.717) is 6.61 Å². The fraction of sp³-hybridized carbons (Fsp3) is 0.917. The standard InChI is InChI=1S/C12H25NO3.BrH/c1-4-5-6-7-8-16-9-12(3,10(2)14)11(13)15;/h10,14H,4-9H2,1-3H3,(H2,13,15);1H. The largest absolute Gasteiger partial charge is 0.392 e. The van der Waals surface area contributed by atoms with Crippen LogP contribution < -0.4 is 5.73 Å². The van der Waals surface area contributed by atoms with Gasteiger partial charge in [0.25, 0.3) is 0 Å². The van der Waals surface area contributed by atoms with E-state index in [0.717, 1.165) is 12.8 Å². The Balaban J connectivity index is 0. The number of hydrogen-bond acceptors (Lipinski definition) is 3. The van der Waals surface area contributed by atoms with E-state index in [9.17, 15) is 9.90 Å². The second kappa shape index (κ2) is 9.85. The zero-order valence-corrected chi connectivity index (χ0v) is 12.8. The number of rotatable bonds is 9. The first-order valence-corrected chi connectivity index (χ1v) is 6.01. The number of unbranched alkanes of at least 4 members (excludes halogenated alkanes) is 3. The first-order chi connectivity index (χ1) is 7.45. The van der Waals surface area contributed by atoms with Gasteiger partial charge in [-0.25, -0.2) is 0 Å². The summed E-state index contributed by atoms with van der Waals surface area (Å²) in [6, 6.07) is 0. The van der Waals surface area contributed by atoms with Gasteiger partial charge in [0.1, 0.15) is 0 Å². The zero-order chi connectivity index (χ0) is 12.6. The normalized spacial score (nSPS) is 15.8. The minimum absolute atomic E-state index is 0. The van der Waals surface area contributed by atoms with E-state index in [1.54, 1.807) is 13.8 Å². The molecule has 0 aliphatic carbocycles. The van der Waals surface area contributed by atoms with Gasteiger partial charge in [-0.15, -0.1) is 17.0 Å². The Bertz CT molecular complexity index is 212. The molecule has 4 nitrogen and oxygen atoms in total. The van der Waals surface area contributed by atoms with Crippen molar-refractivity contribution >= 4 is 22.9 Å². The molecule has 0 aliphatic rings. The Morgan fingerprint density at radius 3 is 2.41 bits per heavy atom. The molecule has 2 atom stereocenters. The average molecular weight is 312 g/mol. The molecule has 5 heteroatoms. The molecule has 1 amide bonds. The maximum Gasteiger partial charge on any atom is 0.228 e. The maximum atomic E-state index is 11.2. The van der Waals surface area contributed by atoms with Crippen LogP contribution in [-0.4, -0.2) is 30.3 Å². The lowest BCUT2D eigenvalue weighted by Crippen LogP contribution is -2.46. The lowest BCUT2D eigenvalue weighted by atomic mass is 9.85. The molecule has 2 unspecified atom stereocenters. The van der Waals surface area contributed by atoms with Crippen molar-refractivity contribution in [1.82, 2.24) is 0 Å². The van der Waals surface area contributed by atoms with Crippen LogP contribution in [0.2, 0.25) is 0 Å². The molecule has 0 heterocycles. The number of nitrogens with two attached hydrogens (primary N) is 1. The first kappa shape index (κ1) is 19.2. The summed E-state index contributed by atoms with van der Waals surface area (Å²) < 4.78 is 5.41. The highest BCUT2D eigenvalue weighted by Crippen LogP contribution is 2.21. The Labute approximate surface area is 115 Å². The minimum Gasteiger partial charge on any atom is -0.392 e. The second-order valence-corrected chi connectivity index (χ2v) is 4.57. The van der Waals surface area contributed by atoms with E-state index < -0.39 is 17.4 Å². The third-order valence-electron chi connectivity index (χ3n) is 3.03. The number of aliphatic hydroxyl groups is 1. The highest BCUT2D eigenvalue weighted by atomic mass is 79.9. The van der Waals surface area contributed by atoms with Gasteiger partial charge in [0.05, 0.1) is 18.1 Å². The fourth-order valence-corrected chi connectivity index (χ4v) is 1.31. The van der Waals surface area contributed by atoms with Crippen molar-refractivity contribution < 1.29 is 14.6 Å². The zero-order valence-electron chi connectivity index (χ0n) is 11.1. The summed E-state index contributed by atoms with van der Waals surface area (Å²) in [6.45, 7) is 6.15. The smallest absolute Gasteiger partial charge is 0.228 e. The molecule has 0 aliphatic heterocycles. The summed E-state index contributed by atoms with van der Waals surface area (Å²) >= 11 is 0. The SMILES string of the molecule is Br.CCCCCCOCC(C)(C(N)=O)C(C)O. The van der Waals surface area contributed by atoms with Gasteiger partial charge < -0.3 is 15.6 Å². The Kier molecular flexibility index (Phi) is 11.1. The van der Waals surface area contributed by atoms with Crippen molar-refractivity contribution in [2.45, 2.75) is 52.6 Å². The molecule has 0 fully saturated rings. The van der Waals surface area contributed by atoms with Crippen molar-refractivity contribution in [3.63, 3.8) is 0 Å². The molecule has 0 spiro atoms. The third kappa shape index (κ3) is 7.01. The average Bonchev–Trinajstić information content (AvgIpc) is 2.22. The monoisotopic (exact) mass is 311 g/mol. The molecule has 0 bridgehead atoms. The van der Waals surface area contributed by atoms with E-state index in [-0.39, 0.29) is 23.6 Å². The number of ether oxygens (including phenoxy) is 1. The number of amides is 1. The number of carbonyl (C=O) groups excluding carboxylic acids is 1. The van der Waals surface area contributed by atoms with Crippen molar-refractivity contribution in [1.29, 1.82) is 0 Å². The van der Waals surface area contributed by atoms with Gasteiger partial charge in [-0.05, 0) is 20.3 Å². The van der Waals surface area contributed by atoms with Crippen LogP contribution >= 0.6 is 17.0 Å². The van der Waals surface area contributed by atoms with Gasteiger partial charge in [-0.2, -0.15) is 0 Å². The van der Waals surface area contributed by atoms with Gasteiger partial charge >= 0.3 is 0 Å². The van der Waals surface area contributed by atoms with Crippen LogP contribution in [0.25, 0.3) is 0 Å². The van der Waals surface area contributed by atoms with E-state index >= 15 is 0 Å². The van der Waals surface area contributed by atoms with Gasteiger partial charge in [0.15, 0.2) is 0 Å². The number of carbonyl (C=O) groups is 1. The van der Waals surface area contributed by atoms with Crippen LogP contribution in [0.5, 0.6) is 0 Å². The predicted octanol–water partition coefficient (Wildman–Crippen LogP) is 2.03. The fourth-order valence-electron chi connectivity index (χ4n) is 1.31. The summed E-state index contributed by atoms with van der Waals surface area (Å²) in [5.74, 6) is -0.518. The van der Waals surface area contributed by atoms with Crippen LogP contribution in [0, 0.1) is 5.41 Å². The van der Waals surface area contributed by atoms with Crippen LogP contribution in [0.4, 0.5) is 0 Å². The summed E-state index contributed by atoms with van der Waals surface area (Å²) in [4.78, 5) is 11.2. The topological polar surface area (TPSA) is 72.5 Å².